The molecule has 136 valence electrons. The molecule has 26 heavy (non-hydrogen) atoms. The van der Waals surface area contributed by atoms with E-state index in [2.05, 4.69) is 28.0 Å². The van der Waals surface area contributed by atoms with E-state index in [9.17, 15) is 9.90 Å². The lowest BCUT2D eigenvalue weighted by atomic mass is 10.2. The Balaban J connectivity index is 1.43. The van der Waals surface area contributed by atoms with Crippen molar-refractivity contribution in [3.05, 3.63) is 47.9 Å². The van der Waals surface area contributed by atoms with Gasteiger partial charge in [0.05, 0.1) is 36.3 Å². The van der Waals surface area contributed by atoms with Crippen LogP contribution in [0.1, 0.15) is 24.4 Å². The number of benzene rings is 1. The van der Waals surface area contributed by atoms with Crippen LogP contribution < -0.4 is 0 Å². The number of aliphatic hydroxyl groups is 1. The van der Waals surface area contributed by atoms with Crippen molar-refractivity contribution >= 4 is 28.6 Å². The van der Waals surface area contributed by atoms with Gasteiger partial charge in [0.15, 0.2) is 0 Å². The Kier molecular flexibility index (Phi) is 4.50. The summed E-state index contributed by atoms with van der Waals surface area (Å²) >= 11 is 1.59. The van der Waals surface area contributed by atoms with Crippen molar-refractivity contribution in [2.75, 3.05) is 12.3 Å². The molecule has 1 aliphatic heterocycles. The van der Waals surface area contributed by atoms with E-state index in [4.69, 9.17) is 0 Å². The number of amides is 1. The molecule has 3 aromatic rings. The number of aliphatic hydroxyl groups excluding tert-OH is 1. The van der Waals surface area contributed by atoms with Crippen molar-refractivity contribution in [2.24, 2.45) is 7.05 Å². The third kappa shape index (κ3) is 3.12. The maximum Gasteiger partial charge on any atom is 0.233 e. The van der Waals surface area contributed by atoms with E-state index in [1.165, 1.54) is 10.9 Å². The molecule has 7 heteroatoms. The van der Waals surface area contributed by atoms with Crippen LogP contribution in [0.4, 0.5) is 0 Å². The fourth-order valence-electron chi connectivity index (χ4n) is 3.36. The summed E-state index contributed by atoms with van der Waals surface area (Å²) < 4.78 is 3.99. The third-order valence-corrected chi connectivity index (χ3v) is 5.84. The molecule has 1 amide bonds. The first-order valence-corrected chi connectivity index (χ1v) is 9.71. The van der Waals surface area contributed by atoms with Crippen LogP contribution in [0.5, 0.6) is 0 Å². The molecule has 0 saturated heterocycles. The van der Waals surface area contributed by atoms with Gasteiger partial charge < -0.3 is 14.6 Å². The highest BCUT2D eigenvalue weighted by Crippen LogP contribution is 2.29. The van der Waals surface area contributed by atoms with Crippen LogP contribution in [-0.4, -0.2) is 42.6 Å². The van der Waals surface area contributed by atoms with Crippen molar-refractivity contribution in [1.82, 2.24) is 19.2 Å². The second kappa shape index (κ2) is 6.81. The van der Waals surface area contributed by atoms with E-state index in [0.717, 1.165) is 10.6 Å². The molecule has 2 aromatic heterocycles. The lowest BCUT2D eigenvalue weighted by molar-refractivity contribution is -0.129. The average Bonchev–Trinajstić information content (AvgIpc) is 3.21. The summed E-state index contributed by atoms with van der Waals surface area (Å²) in [5.41, 5.74) is 2.82. The van der Waals surface area contributed by atoms with E-state index in [1.807, 2.05) is 34.8 Å². The lowest BCUT2D eigenvalue weighted by Crippen LogP contribution is -2.39. The van der Waals surface area contributed by atoms with Crippen molar-refractivity contribution in [3.8, 4) is 0 Å². The Morgan fingerprint density at radius 1 is 1.35 bits per heavy atom. The molecule has 1 atom stereocenters. The van der Waals surface area contributed by atoms with Gasteiger partial charge in [0, 0.05) is 35.6 Å². The molecule has 0 bridgehead atoms. The van der Waals surface area contributed by atoms with Crippen LogP contribution in [0.25, 0.3) is 10.9 Å². The summed E-state index contributed by atoms with van der Waals surface area (Å²) in [5.74, 6) is 0.555. The molecule has 0 spiro atoms. The van der Waals surface area contributed by atoms with Crippen LogP contribution in [-0.2, 0) is 24.9 Å². The number of para-hydroxylation sites is 1. The number of nitrogens with zero attached hydrogens (tertiary/aromatic N) is 4. The molecule has 0 radical (unpaired) electrons. The quantitative estimate of drug-likeness (QED) is 0.717. The zero-order valence-electron chi connectivity index (χ0n) is 14.9. The monoisotopic (exact) mass is 370 g/mol. The SMILES string of the molecule is CC(O)c1cc2n(n1)CCN(C(=O)CSc1cn(C)c3ccccc13)C2. The lowest BCUT2D eigenvalue weighted by Gasteiger charge is -2.27. The Hall–Kier alpha value is -2.25. The number of carbonyl (C=O) groups is 1. The second-order valence-corrected chi connectivity index (χ2v) is 7.70. The van der Waals surface area contributed by atoms with Gasteiger partial charge in [-0.1, -0.05) is 18.2 Å². The van der Waals surface area contributed by atoms with Gasteiger partial charge in [-0.3, -0.25) is 9.48 Å². The molecule has 6 nitrogen and oxygen atoms in total. The summed E-state index contributed by atoms with van der Waals surface area (Å²) in [6.07, 6.45) is 1.50. The topological polar surface area (TPSA) is 63.3 Å². The molecule has 1 aromatic carbocycles. The highest BCUT2D eigenvalue weighted by molar-refractivity contribution is 8.00. The van der Waals surface area contributed by atoms with Gasteiger partial charge in [0.2, 0.25) is 5.91 Å². The zero-order valence-corrected chi connectivity index (χ0v) is 15.7. The van der Waals surface area contributed by atoms with Gasteiger partial charge in [-0.2, -0.15) is 5.10 Å². The van der Waals surface area contributed by atoms with Crippen molar-refractivity contribution < 1.29 is 9.90 Å². The predicted octanol–water partition coefficient (Wildman–Crippen LogP) is 2.56. The Labute approximate surface area is 156 Å². The number of carbonyl (C=O) groups excluding carboxylic acids is 1. The van der Waals surface area contributed by atoms with Crippen LogP contribution >= 0.6 is 11.8 Å². The van der Waals surface area contributed by atoms with E-state index in [1.54, 1.807) is 18.7 Å². The number of aromatic nitrogens is 3. The van der Waals surface area contributed by atoms with Gasteiger partial charge in [0.25, 0.3) is 0 Å². The molecule has 4 rings (SSSR count). The van der Waals surface area contributed by atoms with Gasteiger partial charge in [-0.05, 0) is 19.1 Å². The average molecular weight is 370 g/mol. The van der Waals surface area contributed by atoms with Crippen LogP contribution in [0.2, 0.25) is 0 Å². The second-order valence-electron chi connectivity index (χ2n) is 6.69. The fraction of sp³-hybridized carbons (Fsp3) is 0.368. The minimum atomic E-state index is -0.584. The zero-order chi connectivity index (χ0) is 18.3. The van der Waals surface area contributed by atoms with Crippen molar-refractivity contribution in [3.63, 3.8) is 0 Å². The summed E-state index contributed by atoms with van der Waals surface area (Å²) in [6.45, 7) is 3.59. The number of thioether (sulfide) groups is 1. The molecule has 1 N–H and O–H groups in total. The first-order valence-electron chi connectivity index (χ1n) is 8.72. The number of hydrogen-bond acceptors (Lipinski definition) is 4. The van der Waals surface area contributed by atoms with Crippen LogP contribution in [0.15, 0.2) is 41.4 Å². The molecule has 0 fully saturated rings. The normalized spacial score (nSPS) is 15.3. The molecule has 0 saturated carbocycles. The first-order chi connectivity index (χ1) is 12.5. The predicted molar refractivity (Wildman–Crippen MR) is 102 cm³/mol. The summed E-state index contributed by atoms with van der Waals surface area (Å²) in [5, 5.41) is 15.3. The molecular formula is C19H22N4O2S. The molecule has 1 aliphatic rings. The van der Waals surface area contributed by atoms with Gasteiger partial charge >= 0.3 is 0 Å². The van der Waals surface area contributed by atoms with Crippen LogP contribution in [0.3, 0.4) is 0 Å². The smallest absolute Gasteiger partial charge is 0.233 e. The van der Waals surface area contributed by atoms with E-state index < -0.39 is 6.10 Å². The van der Waals surface area contributed by atoms with Gasteiger partial charge in [-0.25, -0.2) is 0 Å². The van der Waals surface area contributed by atoms with E-state index in [-0.39, 0.29) is 5.91 Å². The molecule has 0 aliphatic carbocycles. The first kappa shape index (κ1) is 17.2. The van der Waals surface area contributed by atoms with Crippen molar-refractivity contribution in [2.45, 2.75) is 31.0 Å². The summed E-state index contributed by atoms with van der Waals surface area (Å²) in [7, 11) is 2.03. The standard InChI is InChI=1S/C19H22N4O2S/c1-13(24)16-9-14-10-22(7-8-23(14)20-16)19(25)12-26-18-11-21(2)17-6-4-3-5-15(17)18/h3-6,9,11,13,24H,7-8,10,12H2,1-2H3. The molecular weight excluding hydrogens is 348 g/mol. The highest BCUT2D eigenvalue weighted by Gasteiger charge is 2.23. The van der Waals surface area contributed by atoms with E-state index in [0.29, 0.717) is 31.1 Å². The Morgan fingerprint density at radius 3 is 2.96 bits per heavy atom. The number of fused-ring (bicyclic) bond motifs is 2. The molecule has 3 heterocycles. The Morgan fingerprint density at radius 2 is 2.15 bits per heavy atom. The molecule has 1 unspecified atom stereocenters. The number of hydrogen-bond donors (Lipinski definition) is 1. The van der Waals surface area contributed by atoms with E-state index >= 15 is 0 Å². The maximum atomic E-state index is 12.7. The summed E-state index contributed by atoms with van der Waals surface area (Å²) in [6, 6.07) is 10.1. The minimum absolute atomic E-state index is 0.133. The maximum absolute atomic E-state index is 12.7. The highest BCUT2D eigenvalue weighted by atomic mass is 32.2. The Bertz CT molecular complexity index is 960. The van der Waals surface area contributed by atoms with Crippen LogP contribution in [0, 0.1) is 0 Å². The number of aryl methyl sites for hydroxylation is 1. The minimum Gasteiger partial charge on any atom is -0.387 e. The largest absolute Gasteiger partial charge is 0.387 e. The van der Waals surface area contributed by atoms with Gasteiger partial charge in [0.1, 0.15) is 0 Å². The van der Waals surface area contributed by atoms with Gasteiger partial charge in [-0.15, -0.1) is 11.8 Å². The van der Waals surface area contributed by atoms with Crippen molar-refractivity contribution in [1.29, 1.82) is 0 Å². The fourth-order valence-corrected chi connectivity index (χ4v) is 4.38. The summed E-state index contributed by atoms with van der Waals surface area (Å²) in [4.78, 5) is 15.7. The number of rotatable bonds is 4. The third-order valence-electron chi connectivity index (χ3n) is 4.81.